The Balaban J connectivity index is 2.42. The molecular formula is C10H5ClN2O3S2. The molecule has 1 aliphatic heterocycles. The number of thioether (sulfide) groups is 1. The monoisotopic (exact) mass is 300 g/mol. The number of benzene rings is 1. The summed E-state index contributed by atoms with van der Waals surface area (Å²) in [5.74, 6) is -0.326. The third-order valence-corrected chi connectivity index (χ3v) is 3.63. The molecule has 0 aromatic heterocycles. The second-order valence-electron chi connectivity index (χ2n) is 3.32. The van der Waals surface area contributed by atoms with Gasteiger partial charge in [0.15, 0.2) is 0 Å². The number of non-ortho nitro benzene ring substituents is 1. The van der Waals surface area contributed by atoms with Gasteiger partial charge in [0.2, 0.25) is 0 Å². The molecule has 92 valence electrons. The molecule has 0 spiro atoms. The number of thiocarbonyl (C=S) groups is 1. The fourth-order valence-corrected chi connectivity index (χ4v) is 2.52. The van der Waals surface area contributed by atoms with E-state index in [9.17, 15) is 14.9 Å². The molecule has 8 heteroatoms. The number of carbonyl (C=O) groups excluding carboxylic acids is 1. The van der Waals surface area contributed by atoms with Gasteiger partial charge in [-0.25, -0.2) is 0 Å². The highest BCUT2D eigenvalue weighted by molar-refractivity contribution is 8.26. The maximum absolute atomic E-state index is 11.5. The summed E-state index contributed by atoms with van der Waals surface area (Å²) in [5, 5.41) is 13.4. The number of nitro groups is 1. The van der Waals surface area contributed by atoms with E-state index in [1.54, 1.807) is 0 Å². The Bertz CT molecular complexity index is 601. The highest BCUT2D eigenvalue weighted by Crippen LogP contribution is 2.30. The van der Waals surface area contributed by atoms with E-state index < -0.39 is 4.92 Å². The summed E-state index contributed by atoms with van der Waals surface area (Å²) in [4.78, 5) is 21.9. The molecule has 5 nitrogen and oxygen atoms in total. The minimum absolute atomic E-state index is 0.0859. The van der Waals surface area contributed by atoms with Gasteiger partial charge in [-0.1, -0.05) is 35.6 Å². The molecule has 1 amide bonds. The van der Waals surface area contributed by atoms with Crippen molar-refractivity contribution >= 4 is 57.6 Å². The van der Waals surface area contributed by atoms with Gasteiger partial charge in [-0.15, -0.1) is 0 Å². The smallest absolute Gasteiger partial charge is 0.270 e. The number of amides is 1. The minimum Gasteiger partial charge on any atom is -0.307 e. The number of nitrogens with zero attached hydrogens (tertiary/aromatic N) is 1. The minimum atomic E-state index is -0.523. The van der Waals surface area contributed by atoms with Crippen molar-refractivity contribution in [3.05, 3.63) is 43.8 Å². The van der Waals surface area contributed by atoms with E-state index in [1.807, 2.05) is 0 Å². The first-order chi connectivity index (χ1) is 8.47. The Kier molecular flexibility index (Phi) is 3.65. The predicted octanol–water partition coefficient (Wildman–Crippen LogP) is 2.74. The van der Waals surface area contributed by atoms with Crippen molar-refractivity contribution < 1.29 is 9.72 Å². The molecular weight excluding hydrogens is 296 g/mol. The maximum Gasteiger partial charge on any atom is 0.270 e. The van der Waals surface area contributed by atoms with Gasteiger partial charge in [-0.3, -0.25) is 14.9 Å². The quantitative estimate of drug-likeness (QED) is 0.393. The van der Waals surface area contributed by atoms with Gasteiger partial charge >= 0.3 is 0 Å². The van der Waals surface area contributed by atoms with Gasteiger partial charge in [0.25, 0.3) is 11.6 Å². The van der Waals surface area contributed by atoms with Gasteiger partial charge in [0.05, 0.1) is 9.83 Å². The van der Waals surface area contributed by atoms with Crippen LogP contribution in [0.2, 0.25) is 5.02 Å². The van der Waals surface area contributed by atoms with Crippen molar-refractivity contribution in [2.45, 2.75) is 0 Å². The summed E-state index contributed by atoms with van der Waals surface area (Å²) in [6.45, 7) is 0. The van der Waals surface area contributed by atoms with E-state index in [1.165, 1.54) is 24.3 Å². The van der Waals surface area contributed by atoms with Crippen LogP contribution in [0.4, 0.5) is 5.69 Å². The second-order valence-corrected chi connectivity index (χ2v) is 5.44. The molecule has 0 aliphatic carbocycles. The molecule has 0 atom stereocenters. The number of halogens is 1. The van der Waals surface area contributed by atoms with Crippen molar-refractivity contribution in [1.82, 2.24) is 5.32 Å². The average Bonchev–Trinajstić information content (AvgIpc) is 2.60. The van der Waals surface area contributed by atoms with Crippen molar-refractivity contribution in [1.29, 1.82) is 0 Å². The largest absolute Gasteiger partial charge is 0.307 e. The fourth-order valence-electron chi connectivity index (χ4n) is 1.32. The molecule has 1 fully saturated rings. The lowest BCUT2D eigenvalue weighted by Gasteiger charge is -1.99. The average molecular weight is 301 g/mol. The maximum atomic E-state index is 11.5. The van der Waals surface area contributed by atoms with Gasteiger partial charge in [-0.05, 0) is 12.1 Å². The van der Waals surface area contributed by atoms with E-state index in [0.717, 1.165) is 11.8 Å². The molecule has 1 aromatic rings. The predicted molar refractivity (Wildman–Crippen MR) is 74.4 cm³/mol. The van der Waals surface area contributed by atoms with E-state index >= 15 is 0 Å². The molecule has 1 aliphatic rings. The highest BCUT2D eigenvalue weighted by Gasteiger charge is 2.22. The number of rotatable bonds is 2. The summed E-state index contributed by atoms with van der Waals surface area (Å²) in [7, 11) is 0. The standard InChI is InChI=1S/C10H5ClN2O3S2/c11-7-2-1-6(13(15)16)3-5(7)4-8-9(14)12-10(17)18-8/h1-4H,(H,12,14,17)/b8-4+. The molecule has 1 aromatic carbocycles. The molecule has 1 saturated heterocycles. The van der Waals surface area contributed by atoms with E-state index in [2.05, 4.69) is 5.32 Å². The topological polar surface area (TPSA) is 72.2 Å². The highest BCUT2D eigenvalue weighted by atomic mass is 35.5. The Hall–Kier alpha value is -1.44. The van der Waals surface area contributed by atoms with Crippen molar-refractivity contribution in [3.63, 3.8) is 0 Å². The van der Waals surface area contributed by atoms with Gasteiger partial charge in [0.1, 0.15) is 4.32 Å². The first-order valence-corrected chi connectivity index (χ1v) is 6.26. The lowest BCUT2D eigenvalue weighted by atomic mass is 10.2. The zero-order valence-corrected chi connectivity index (χ0v) is 11.1. The van der Waals surface area contributed by atoms with Crippen LogP contribution in [0, 0.1) is 10.1 Å². The molecule has 0 saturated carbocycles. The Morgan fingerprint density at radius 1 is 1.50 bits per heavy atom. The Morgan fingerprint density at radius 3 is 2.78 bits per heavy atom. The van der Waals surface area contributed by atoms with Crippen LogP contribution in [0.15, 0.2) is 23.1 Å². The van der Waals surface area contributed by atoms with Crippen molar-refractivity contribution in [3.8, 4) is 0 Å². The van der Waals surface area contributed by atoms with Crippen LogP contribution in [0.1, 0.15) is 5.56 Å². The molecule has 1 heterocycles. The van der Waals surface area contributed by atoms with Crippen LogP contribution in [-0.2, 0) is 4.79 Å². The summed E-state index contributed by atoms with van der Waals surface area (Å²) in [6.07, 6.45) is 1.48. The number of hydrogen-bond acceptors (Lipinski definition) is 5. The first-order valence-electron chi connectivity index (χ1n) is 4.66. The summed E-state index contributed by atoms with van der Waals surface area (Å²) >= 11 is 11.9. The molecule has 18 heavy (non-hydrogen) atoms. The lowest BCUT2D eigenvalue weighted by molar-refractivity contribution is -0.384. The molecule has 1 N–H and O–H groups in total. The third-order valence-electron chi connectivity index (χ3n) is 2.12. The lowest BCUT2D eigenvalue weighted by Crippen LogP contribution is -2.17. The normalized spacial score (nSPS) is 17.1. The number of nitrogens with one attached hydrogen (secondary N) is 1. The van der Waals surface area contributed by atoms with E-state index in [0.29, 0.717) is 19.8 Å². The fraction of sp³-hybridized carbons (Fsp3) is 0. The zero-order valence-electron chi connectivity index (χ0n) is 8.68. The van der Waals surface area contributed by atoms with Crippen LogP contribution >= 0.6 is 35.6 Å². The SMILES string of the molecule is O=C1NC(=S)S/C1=C/c1cc([N+](=O)[O-])ccc1Cl. The van der Waals surface area contributed by atoms with Gasteiger partial charge in [-0.2, -0.15) is 0 Å². The Morgan fingerprint density at radius 2 is 2.22 bits per heavy atom. The van der Waals surface area contributed by atoms with Crippen LogP contribution < -0.4 is 5.32 Å². The third kappa shape index (κ3) is 2.69. The van der Waals surface area contributed by atoms with Gasteiger partial charge in [0, 0.05) is 22.7 Å². The number of hydrogen-bond donors (Lipinski definition) is 1. The zero-order chi connectivity index (χ0) is 13.3. The van der Waals surface area contributed by atoms with Crippen LogP contribution in [0.3, 0.4) is 0 Å². The van der Waals surface area contributed by atoms with Crippen LogP contribution in [-0.4, -0.2) is 15.2 Å². The van der Waals surface area contributed by atoms with Gasteiger partial charge < -0.3 is 5.32 Å². The van der Waals surface area contributed by atoms with E-state index in [4.69, 9.17) is 23.8 Å². The van der Waals surface area contributed by atoms with Crippen LogP contribution in [0.5, 0.6) is 0 Å². The van der Waals surface area contributed by atoms with E-state index in [-0.39, 0.29) is 11.6 Å². The molecule has 0 radical (unpaired) electrons. The molecule has 0 unspecified atom stereocenters. The molecule has 2 rings (SSSR count). The first kappa shape index (κ1) is 13.0. The number of nitro benzene ring substituents is 1. The summed E-state index contributed by atoms with van der Waals surface area (Å²) < 4.78 is 0.354. The Labute approximate surface area is 116 Å². The summed E-state index contributed by atoms with van der Waals surface area (Å²) in [6, 6.07) is 4.03. The van der Waals surface area contributed by atoms with Crippen LogP contribution in [0.25, 0.3) is 6.08 Å². The van der Waals surface area contributed by atoms with Crippen molar-refractivity contribution in [2.24, 2.45) is 0 Å². The van der Waals surface area contributed by atoms with Crippen molar-refractivity contribution in [2.75, 3.05) is 0 Å². The molecule has 0 bridgehead atoms. The summed E-state index contributed by atoms with van der Waals surface area (Å²) in [5.41, 5.74) is 0.324. The number of carbonyl (C=O) groups is 1. The second kappa shape index (κ2) is 5.05.